The number of thiazole rings is 1. The highest BCUT2D eigenvalue weighted by Gasteiger charge is 2.39. The second-order valence-corrected chi connectivity index (χ2v) is 7.17. The van der Waals surface area contributed by atoms with Crippen molar-refractivity contribution in [3.05, 3.63) is 16.1 Å². The zero-order valence-corrected chi connectivity index (χ0v) is 12.6. The Morgan fingerprint density at radius 1 is 1.21 bits per heavy atom. The van der Waals surface area contributed by atoms with Crippen molar-refractivity contribution >= 4 is 17.2 Å². The van der Waals surface area contributed by atoms with Gasteiger partial charge in [0.15, 0.2) is 0 Å². The summed E-state index contributed by atoms with van der Waals surface area (Å²) in [7, 11) is 0. The summed E-state index contributed by atoms with van der Waals surface area (Å²) >= 11 is 1.57. The van der Waals surface area contributed by atoms with Gasteiger partial charge in [0.05, 0.1) is 5.01 Å². The average Bonchev–Trinajstić information content (AvgIpc) is 3.13. The Kier molecular flexibility index (Phi) is 3.61. The molecule has 0 aliphatic heterocycles. The fraction of sp³-hybridized carbons (Fsp3) is 0.733. The van der Waals surface area contributed by atoms with Crippen molar-refractivity contribution in [2.24, 2.45) is 5.92 Å². The lowest BCUT2D eigenvalue weighted by Crippen LogP contribution is -2.43. The van der Waals surface area contributed by atoms with Gasteiger partial charge in [-0.15, -0.1) is 11.3 Å². The van der Waals surface area contributed by atoms with Gasteiger partial charge in [0.2, 0.25) is 0 Å². The van der Waals surface area contributed by atoms with Gasteiger partial charge in [0.25, 0.3) is 5.91 Å². The maximum absolute atomic E-state index is 12.7. The van der Waals surface area contributed by atoms with Gasteiger partial charge in [-0.3, -0.25) is 4.79 Å². The normalized spacial score (nSPS) is 27.3. The van der Waals surface area contributed by atoms with E-state index in [-0.39, 0.29) is 5.91 Å². The standard InChI is InChI=1S/C15H22N2OS/c1-10-3-5-12(6-4-10)17(13-7-8-13)15(18)14-9-19-11(2)16-14/h9-10,12-13H,3-8H2,1-2H3. The van der Waals surface area contributed by atoms with Crippen LogP contribution in [0.2, 0.25) is 0 Å². The number of hydrogen-bond acceptors (Lipinski definition) is 3. The van der Waals surface area contributed by atoms with E-state index in [1.54, 1.807) is 11.3 Å². The van der Waals surface area contributed by atoms with Crippen molar-refractivity contribution in [2.45, 2.75) is 64.5 Å². The molecule has 1 aromatic heterocycles. The van der Waals surface area contributed by atoms with Crippen LogP contribution in [0.1, 0.15) is 60.9 Å². The number of hydrogen-bond donors (Lipinski definition) is 0. The van der Waals surface area contributed by atoms with E-state index < -0.39 is 0 Å². The van der Waals surface area contributed by atoms with Crippen molar-refractivity contribution in [3.8, 4) is 0 Å². The van der Waals surface area contributed by atoms with Crippen LogP contribution in [0.5, 0.6) is 0 Å². The molecular weight excluding hydrogens is 256 g/mol. The van der Waals surface area contributed by atoms with Gasteiger partial charge in [0.1, 0.15) is 5.69 Å². The molecule has 2 aliphatic rings. The first-order valence-electron chi connectivity index (χ1n) is 7.40. The molecule has 0 aromatic carbocycles. The molecule has 104 valence electrons. The minimum Gasteiger partial charge on any atom is -0.331 e. The highest BCUT2D eigenvalue weighted by atomic mass is 32.1. The molecule has 3 nitrogen and oxygen atoms in total. The first-order chi connectivity index (χ1) is 9.15. The summed E-state index contributed by atoms with van der Waals surface area (Å²) in [6.07, 6.45) is 7.23. The Morgan fingerprint density at radius 3 is 2.26 bits per heavy atom. The van der Waals surface area contributed by atoms with Gasteiger partial charge in [-0.2, -0.15) is 0 Å². The Morgan fingerprint density at radius 2 is 1.79 bits per heavy atom. The number of carbonyl (C=O) groups excluding carboxylic acids is 1. The number of amides is 1. The van der Waals surface area contributed by atoms with E-state index in [1.807, 2.05) is 12.3 Å². The minimum absolute atomic E-state index is 0.173. The number of nitrogens with zero attached hydrogens (tertiary/aromatic N) is 2. The molecule has 1 amide bonds. The van der Waals surface area contributed by atoms with Crippen molar-refractivity contribution in [3.63, 3.8) is 0 Å². The molecular formula is C15H22N2OS. The Hall–Kier alpha value is -0.900. The van der Waals surface area contributed by atoms with Gasteiger partial charge >= 0.3 is 0 Å². The molecule has 0 spiro atoms. The molecule has 0 N–H and O–H groups in total. The predicted molar refractivity (Wildman–Crippen MR) is 77.5 cm³/mol. The van der Waals surface area contributed by atoms with Gasteiger partial charge in [0, 0.05) is 17.5 Å². The van der Waals surface area contributed by atoms with Crippen molar-refractivity contribution in [2.75, 3.05) is 0 Å². The van der Waals surface area contributed by atoms with E-state index in [0.717, 1.165) is 10.9 Å². The Labute approximate surface area is 119 Å². The molecule has 2 fully saturated rings. The van der Waals surface area contributed by atoms with Crippen LogP contribution in [0.3, 0.4) is 0 Å². The number of aryl methyl sites for hydroxylation is 1. The van der Waals surface area contributed by atoms with E-state index in [1.165, 1.54) is 38.5 Å². The maximum atomic E-state index is 12.7. The molecule has 2 aliphatic carbocycles. The molecule has 0 radical (unpaired) electrons. The summed E-state index contributed by atoms with van der Waals surface area (Å²) in [5.41, 5.74) is 0.660. The summed E-state index contributed by atoms with van der Waals surface area (Å²) in [5.74, 6) is 1.00. The van der Waals surface area contributed by atoms with Crippen LogP contribution in [-0.2, 0) is 0 Å². The van der Waals surface area contributed by atoms with E-state index >= 15 is 0 Å². The van der Waals surface area contributed by atoms with Crippen molar-refractivity contribution in [1.82, 2.24) is 9.88 Å². The van der Waals surface area contributed by atoms with E-state index in [0.29, 0.717) is 17.8 Å². The van der Waals surface area contributed by atoms with Gasteiger partial charge in [-0.1, -0.05) is 6.92 Å². The lowest BCUT2D eigenvalue weighted by molar-refractivity contribution is 0.0587. The fourth-order valence-electron chi connectivity index (χ4n) is 3.10. The highest BCUT2D eigenvalue weighted by molar-refractivity contribution is 7.09. The van der Waals surface area contributed by atoms with E-state index in [2.05, 4.69) is 16.8 Å². The maximum Gasteiger partial charge on any atom is 0.273 e. The molecule has 3 rings (SSSR count). The minimum atomic E-state index is 0.173. The second-order valence-electron chi connectivity index (χ2n) is 6.11. The topological polar surface area (TPSA) is 33.2 Å². The molecule has 0 atom stereocenters. The van der Waals surface area contributed by atoms with Crippen LogP contribution in [0.15, 0.2) is 5.38 Å². The Bertz CT molecular complexity index is 458. The molecule has 1 aromatic rings. The molecule has 0 bridgehead atoms. The first kappa shape index (κ1) is 13.1. The number of aromatic nitrogens is 1. The van der Waals surface area contributed by atoms with E-state index in [4.69, 9.17) is 0 Å². The summed E-state index contributed by atoms with van der Waals surface area (Å²) in [6, 6.07) is 0.950. The molecule has 0 saturated heterocycles. The lowest BCUT2D eigenvalue weighted by Gasteiger charge is -2.36. The summed E-state index contributed by atoms with van der Waals surface area (Å²) in [6.45, 7) is 4.29. The van der Waals surface area contributed by atoms with Crippen LogP contribution < -0.4 is 0 Å². The largest absolute Gasteiger partial charge is 0.331 e. The van der Waals surface area contributed by atoms with E-state index in [9.17, 15) is 4.79 Å². The van der Waals surface area contributed by atoms with Gasteiger partial charge in [-0.05, 0) is 51.4 Å². The monoisotopic (exact) mass is 278 g/mol. The lowest BCUT2D eigenvalue weighted by atomic mass is 9.86. The molecule has 4 heteroatoms. The second kappa shape index (κ2) is 5.23. The van der Waals surface area contributed by atoms with Gasteiger partial charge < -0.3 is 4.90 Å². The average molecular weight is 278 g/mol. The number of carbonyl (C=O) groups is 1. The van der Waals surface area contributed by atoms with Gasteiger partial charge in [-0.25, -0.2) is 4.98 Å². The first-order valence-corrected chi connectivity index (χ1v) is 8.28. The smallest absolute Gasteiger partial charge is 0.273 e. The SMILES string of the molecule is Cc1nc(C(=O)N(C2CCC(C)CC2)C2CC2)cs1. The fourth-order valence-corrected chi connectivity index (χ4v) is 3.68. The molecule has 19 heavy (non-hydrogen) atoms. The third-order valence-electron chi connectivity index (χ3n) is 4.39. The van der Waals surface area contributed by atoms with Crippen LogP contribution >= 0.6 is 11.3 Å². The zero-order chi connectivity index (χ0) is 13.4. The summed E-state index contributed by atoms with van der Waals surface area (Å²) < 4.78 is 0. The quantitative estimate of drug-likeness (QED) is 0.846. The van der Waals surface area contributed by atoms with Crippen LogP contribution in [0, 0.1) is 12.8 Å². The summed E-state index contributed by atoms with van der Waals surface area (Å²) in [5, 5.41) is 2.90. The highest BCUT2D eigenvalue weighted by Crippen LogP contribution is 2.36. The third kappa shape index (κ3) is 2.83. The molecule has 1 heterocycles. The van der Waals surface area contributed by atoms with Crippen molar-refractivity contribution in [1.29, 1.82) is 0 Å². The number of rotatable bonds is 3. The summed E-state index contributed by atoms with van der Waals surface area (Å²) in [4.78, 5) is 19.2. The Balaban J connectivity index is 1.75. The zero-order valence-electron chi connectivity index (χ0n) is 11.8. The van der Waals surface area contributed by atoms with Crippen LogP contribution in [0.4, 0.5) is 0 Å². The van der Waals surface area contributed by atoms with Crippen LogP contribution in [-0.4, -0.2) is 27.9 Å². The molecule has 0 unspecified atom stereocenters. The van der Waals surface area contributed by atoms with Crippen molar-refractivity contribution < 1.29 is 4.79 Å². The third-order valence-corrected chi connectivity index (χ3v) is 5.17. The molecule has 2 saturated carbocycles. The predicted octanol–water partition coefficient (Wildman–Crippen LogP) is 3.63. The van der Waals surface area contributed by atoms with Crippen LogP contribution in [0.25, 0.3) is 0 Å².